The zero-order chi connectivity index (χ0) is 12.1. The van der Waals surface area contributed by atoms with Gasteiger partial charge in [-0.1, -0.05) is 44.0 Å². The first-order valence-electron chi connectivity index (χ1n) is 6.77. The zero-order valence-corrected chi connectivity index (χ0v) is 10.8. The molecule has 0 unspecified atom stereocenters. The lowest BCUT2D eigenvalue weighted by atomic mass is 9.92. The molecule has 2 rings (SSSR count). The second kappa shape index (κ2) is 5.39. The number of nitrogens with one attached hydrogen (secondary N) is 1. The molecule has 0 amide bonds. The summed E-state index contributed by atoms with van der Waals surface area (Å²) in [6.07, 6.45) is 9.46. The SMILES string of the molecule is C=CCC1(Nc2ccccc2CC)CCCC1. The Morgan fingerprint density at radius 3 is 2.65 bits per heavy atom. The summed E-state index contributed by atoms with van der Waals surface area (Å²) < 4.78 is 0. The Labute approximate surface area is 105 Å². The highest BCUT2D eigenvalue weighted by atomic mass is 15.0. The standard InChI is InChI=1S/C16H23N/c1-3-11-16(12-7-8-13-16)17-15-10-6-5-9-14(15)4-2/h3,5-6,9-10,17H,1,4,7-8,11-13H2,2H3. The van der Waals surface area contributed by atoms with Crippen molar-refractivity contribution in [3.63, 3.8) is 0 Å². The van der Waals surface area contributed by atoms with Gasteiger partial charge in [0.05, 0.1) is 0 Å². The maximum atomic E-state index is 3.91. The summed E-state index contributed by atoms with van der Waals surface area (Å²) in [5, 5.41) is 3.80. The van der Waals surface area contributed by atoms with Crippen LogP contribution in [-0.2, 0) is 6.42 Å². The van der Waals surface area contributed by atoms with E-state index in [0.717, 1.165) is 12.8 Å². The lowest BCUT2D eigenvalue weighted by molar-refractivity contribution is 0.487. The summed E-state index contributed by atoms with van der Waals surface area (Å²) in [6, 6.07) is 8.68. The van der Waals surface area contributed by atoms with Gasteiger partial charge >= 0.3 is 0 Å². The van der Waals surface area contributed by atoms with Crippen molar-refractivity contribution in [1.82, 2.24) is 0 Å². The van der Waals surface area contributed by atoms with E-state index in [1.807, 2.05) is 0 Å². The average Bonchev–Trinajstić information content (AvgIpc) is 2.79. The van der Waals surface area contributed by atoms with E-state index in [2.05, 4.69) is 49.2 Å². The molecule has 1 saturated carbocycles. The highest BCUT2D eigenvalue weighted by Crippen LogP contribution is 2.36. The van der Waals surface area contributed by atoms with Crippen LogP contribution >= 0.6 is 0 Å². The molecular weight excluding hydrogens is 206 g/mol. The molecule has 0 aromatic heterocycles. The Morgan fingerprint density at radius 1 is 1.29 bits per heavy atom. The third-order valence-electron chi connectivity index (χ3n) is 3.89. The number of hydrogen-bond donors (Lipinski definition) is 1. The first-order valence-corrected chi connectivity index (χ1v) is 6.77. The normalized spacial score (nSPS) is 17.9. The minimum atomic E-state index is 0.271. The van der Waals surface area contributed by atoms with Crippen molar-refractivity contribution >= 4 is 5.69 Å². The number of hydrogen-bond acceptors (Lipinski definition) is 1. The van der Waals surface area contributed by atoms with Gasteiger partial charge in [-0.2, -0.15) is 0 Å². The number of aryl methyl sites for hydroxylation is 1. The third kappa shape index (κ3) is 2.71. The molecule has 1 heteroatoms. The van der Waals surface area contributed by atoms with Gasteiger partial charge in [0.15, 0.2) is 0 Å². The molecule has 1 aliphatic carbocycles. The van der Waals surface area contributed by atoms with Crippen LogP contribution in [0.25, 0.3) is 0 Å². The van der Waals surface area contributed by atoms with Crippen molar-refractivity contribution in [3.8, 4) is 0 Å². The van der Waals surface area contributed by atoms with Crippen LogP contribution < -0.4 is 5.32 Å². The van der Waals surface area contributed by atoms with Gasteiger partial charge in [-0.05, 0) is 37.3 Å². The Kier molecular flexibility index (Phi) is 3.88. The predicted octanol–water partition coefficient (Wildman–Crippen LogP) is 4.55. The van der Waals surface area contributed by atoms with Crippen LogP contribution in [0, 0.1) is 0 Å². The molecule has 0 spiro atoms. The lowest BCUT2D eigenvalue weighted by Gasteiger charge is -2.31. The van der Waals surface area contributed by atoms with Crippen LogP contribution in [0.3, 0.4) is 0 Å². The van der Waals surface area contributed by atoms with E-state index < -0.39 is 0 Å². The third-order valence-corrected chi connectivity index (χ3v) is 3.89. The Balaban J connectivity index is 2.19. The van der Waals surface area contributed by atoms with Crippen molar-refractivity contribution in [2.75, 3.05) is 5.32 Å². The van der Waals surface area contributed by atoms with E-state index in [0.29, 0.717) is 0 Å². The fourth-order valence-electron chi connectivity index (χ4n) is 2.94. The van der Waals surface area contributed by atoms with Gasteiger partial charge < -0.3 is 5.32 Å². The van der Waals surface area contributed by atoms with Gasteiger partial charge in [-0.3, -0.25) is 0 Å². The van der Waals surface area contributed by atoms with E-state index in [9.17, 15) is 0 Å². The highest BCUT2D eigenvalue weighted by Gasteiger charge is 2.32. The van der Waals surface area contributed by atoms with Crippen LogP contribution in [0.15, 0.2) is 36.9 Å². The molecule has 0 heterocycles. The molecule has 0 bridgehead atoms. The maximum absolute atomic E-state index is 3.91. The molecule has 0 aliphatic heterocycles. The number of benzene rings is 1. The summed E-state index contributed by atoms with van der Waals surface area (Å²) in [7, 11) is 0. The summed E-state index contributed by atoms with van der Waals surface area (Å²) in [4.78, 5) is 0. The summed E-state index contributed by atoms with van der Waals surface area (Å²) in [5.74, 6) is 0. The van der Waals surface area contributed by atoms with E-state index in [1.165, 1.54) is 36.9 Å². The Hall–Kier alpha value is -1.24. The monoisotopic (exact) mass is 229 g/mol. The summed E-state index contributed by atoms with van der Waals surface area (Å²) >= 11 is 0. The molecule has 1 fully saturated rings. The van der Waals surface area contributed by atoms with Crippen LogP contribution in [0.2, 0.25) is 0 Å². The molecule has 0 atom stereocenters. The van der Waals surface area contributed by atoms with Gasteiger partial charge in [-0.15, -0.1) is 6.58 Å². The quantitative estimate of drug-likeness (QED) is 0.730. The number of anilines is 1. The average molecular weight is 229 g/mol. The Bertz CT molecular complexity index is 375. The minimum absolute atomic E-state index is 0.271. The maximum Gasteiger partial charge on any atom is 0.0408 e. The molecule has 1 aliphatic rings. The second-order valence-corrected chi connectivity index (χ2v) is 5.12. The van der Waals surface area contributed by atoms with Gasteiger partial charge in [-0.25, -0.2) is 0 Å². The fraction of sp³-hybridized carbons (Fsp3) is 0.500. The van der Waals surface area contributed by atoms with Crippen molar-refractivity contribution in [2.24, 2.45) is 0 Å². The molecular formula is C16H23N. The van der Waals surface area contributed by atoms with Crippen molar-refractivity contribution in [2.45, 2.75) is 51.0 Å². The lowest BCUT2D eigenvalue weighted by Crippen LogP contribution is -2.34. The predicted molar refractivity (Wildman–Crippen MR) is 75.5 cm³/mol. The second-order valence-electron chi connectivity index (χ2n) is 5.12. The minimum Gasteiger partial charge on any atom is -0.379 e. The molecule has 1 aromatic carbocycles. The fourth-order valence-corrected chi connectivity index (χ4v) is 2.94. The van der Waals surface area contributed by atoms with Crippen LogP contribution in [0.4, 0.5) is 5.69 Å². The smallest absolute Gasteiger partial charge is 0.0408 e. The largest absolute Gasteiger partial charge is 0.379 e. The van der Waals surface area contributed by atoms with Gasteiger partial charge in [0.2, 0.25) is 0 Å². The van der Waals surface area contributed by atoms with Gasteiger partial charge in [0.1, 0.15) is 0 Å². The van der Waals surface area contributed by atoms with E-state index in [1.54, 1.807) is 0 Å². The van der Waals surface area contributed by atoms with Crippen molar-refractivity contribution in [3.05, 3.63) is 42.5 Å². The van der Waals surface area contributed by atoms with Gasteiger partial charge in [0, 0.05) is 11.2 Å². The number of rotatable bonds is 5. The first kappa shape index (κ1) is 12.2. The molecule has 92 valence electrons. The number of para-hydroxylation sites is 1. The first-order chi connectivity index (χ1) is 8.29. The van der Waals surface area contributed by atoms with Gasteiger partial charge in [0.25, 0.3) is 0 Å². The van der Waals surface area contributed by atoms with Crippen molar-refractivity contribution < 1.29 is 0 Å². The molecule has 1 nitrogen and oxygen atoms in total. The summed E-state index contributed by atoms with van der Waals surface area (Å²) in [5.41, 5.74) is 3.01. The molecule has 1 N–H and O–H groups in total. The molecule has 0 saturated heterocycles. The summed E-state index contributed by atoms with van der Waals surface area (Å²) in [6.45, 7) is 6.13. The van der Waals surface area contributed by atoms with E-state index in [-0.39, 0.29) is 5.54 Å². The van der Waals surface area contributed by atoms with E-state index in [4.69, 9.17) is 0 Å². The van der Waals surface area contributed by atoms with Crippen molar-refractivity contribution in [1.29, 1.82) is 0 Å². The molecule has 1 aromatic rings. The van der Waals surface area contributed by atoms with E-state index >= 15 is 0 Å². The zero-order valence-electron chi connectivity index (χ0n) is 10.8. The topological polar surface area (TPSA) is 12.0 Å². The molecule has 0 radical (unpaired) electrons. The van der Waals surface area contributed by atoms with Crippen LogP contribution in [0.1, 0.15) is 44.6 Å². The highest BCUT2D eigenvalue weighted by molar-refractivity contribution is 5.53. The van der Waals surface area contributed by atoms with Crippen LogP contribution in [-0.4, -0.2) is 5.54 Å². The van der Waals surface area contributed by atoms with Crippen LogP contribution in [0.5, 0.6) is 0 Å². The molecule has 17 heavy (non-hydrogen) atoms. The Morgan fingerprint density at radius 2 is 2.00 bits per heavy atom.